The summed E-state index contributed by atoms with van der Waals surface area (Å²) in [7, 11) is 2.02. The van der Waals surface area contributed by atoms with E-state index in [1.54, 1.807) is 9.80 Å². The first-order chi connectivity index (χ1) is 12.0. The maximum absolute atomic E-state index is 12.4. The summed E-state index contributed by atoms with van der Waals surface area (Å²) < 4.78 is 0. The van der Waals surface area contributed by atoms with Gasteiger partial charge in [-0.25, -0.2) is 0 Å². The Balaban J connectivity index is 1.54. The fraction of sp³-hybridized carbons (Fsp3) is 0.500. The third-order valence-electron chi connectivity index (χ3n) is 4.80. The van der Waals surface area contributed by atoms with E-state index in [4.69, 9.17) is 0 Å². The molecule has 3 rings (SSSR count). The molecular weight excluding hydrogens is 320 g/mol. The van der Waals surface area contributed by atoms with E-state index < -0.39 is 11.8 Å². The number of rotatable bonds is 4. The first kappa shape index (κ1) is 17.4. The second-order valence-electron chi connectivity index (χ2n) is 6.62. The van der Waals surface area contributed by atoms with Crippen LogP contribution in [0.5, 0.6) is 0 Å². The van der Waals surface area contributed by atoms with Crippen molar-refractivity contribution in [1.82, 2.24) is 19.6 Å². The lowest BCUT2D eigenvalue weighted by molar-refractivity contribution is -0.158. The van der Waals surface area contributed by atoms with Gasteiger partial charge in [0, 0.05) is 45.8 Å². The molecular formula is C18H24N4O3. The van der Waals surface area contributed by atoms with Gasteiger partial charge in [0.25, 0.3) is 0 Å². The van der Waals surface area contributed by atoms with Gasteiger partial charge >= 0.3 is 11.8 Å². The van der Waals surface area contributed by atoms with E-state index in [0.717, 1.165) is 18.7 Å². The molecule has 134 valence electrons. The second-order valence-corrected chi connectivity index (χ2v) is 6.62. The third-order valence-corrected chi connectivity index (χ3v) is 4.80. The van der Waals surface area contributed by atoms with Crippen LogP contribution in [0.3, 0.4) is 0 Å². The van der Waals surface area contributed by atoms with Crippen molar-refractivity contribution in [2.24, 2.45) is 0 Å². The van der Waals surface area contributed by atoms with Gasteiger partial charge in [-0.15, -0.1) is 0 Å². The molecule has 1 aromatic carbocycles. The second kappa shape index (κ2) is 7.65. The van der Waals surface area contributed by atoms with Crippen molar-refractivity contribution in [2.45, 2.75) is 6.54 Å². The Bertz CT molecular complexity index is 641. The van der Waals surface area contributed by atoms with Gasteiger partial charge in [-0.05, 0) is 12.6 Å². The summed E-state index contributed by atoms with van der Waals surface area (Å²) in [5.74, 6) is -1.18. The number of likely N-dealkylation sites (N-methyl/N-ethyl adjacent to an activating group) is 1. The minimum absolute atomic E-state index is 0.00648. The van der Waals surface area contributed by atoms with E-state index in [0.29, 0.717) is 32.7 Å². The van der Waals surface area contributed by atoms with E-state index in [1.807, 2.05) is 37.4 Å². The van der Waals surface area contributed by atoms with Gasteiger partial charge in [0.1, 0.15) is 6.54 Å². The normalized spacial score (nSPS) is 19.5. The van der Waals surface area contributed by atoms with Crippen molar-refractivity contribution in [1.29, 1.82) is 0 Å². The minimum Gasteiger partial charge on any atom is -0.339 e. The number of benzene rings is 1. The molecule has 2 aliphatic rings. The maximum atomic E-state index is 12.4. The molecule has 7 heteroatoms. The van der Waals surface area contributed by atoms with Crippen LogP contribution in [0.4, 0.5) is 0 Å². The van der Waals surface area contributed by atoms with Gasteiger partial charge < -0.3 is 19.6 Å². The van der Waals surface area contributed by atoms with Gasteiger partial charge in [-0.1, -0.05) is 30.3 Å². The molecule has 2 aliphatic heterocycles. The van der Waals surface area contributed by atoms with E-state index in [-0.39, 0.29) is 12.5 Å². The SMILES string of the molecule is CN1CCN(C(=O)CN2CCN(Cc3ccccc3)C(=O)C2=O)CC1. The zero-order chi connectivity index (χ0) is 17.8. The molecule has 2 saturated heterocycles. The van der Waals surface area contributed by atoms with Gasteiger partial charge in [0.05, 0.1) is 0 Å². The molecule has 0 bridgehead atoms. The average molecular weight is 344 g/mol. The Kier molecular flexibility index (Phi) is 5.33. The van der Waals surface area contributed by atoms with Crippen LogP contribution in [0.1, 0.15) is 5.56 Å². The molecule has 25 heavy (non-hydrogen) atoms. The van der Waals surface area contributed by atoms with E-state index >= 15 is 0 Å². The highest BCUT2D eigenvalue weighted by atomic mass is 16.2. The number of hydrogen-bond acceptors (Lipinski definition) is 4. The van der Waals surface area contributed by atoms with Crippen LogP contribution in [0.15, 0.2) is 30.3 Å². The molecule has 0 N–H and O–H groups in total. The summed E-state index contributed by atoms with van der Waals surface area (Å²) in [6.07, 6.45) is 0. The molecule has 1 aromatic rings. The minimum atomic E-state index is -0.579. The average Bonchev–Trinajstić information content (AvgIpc) is 2.63. The first-order valence-corrected chi connectivity index (χ1v) is 8.63. The van der Waals surface area contributed by atoms with Gasteiger partial charge in [-0.2, -0.15) is 0 Å². The molecule has 2 heterocycles. The molecule has 0 radical (unpaired) electrons. The van der Waals surface area contributed by atoms with Crippen LogP contribution < -0.4 is 0 Å². The maximum Gasteiger partial charge on any atom is 0.312 e. The molecule has 0 aliphatic carbocycles. The summed E-state index contributed by atoms with van der Waals surface area (Å²) in [4.78, 5) is 44.0. The fourth-order valence-corrected chi connectivity index (χ4v) is 3.14. The van der Waals surface area contributed by atoms with Gasteiger partial charge in [0.2, 0.25) is 5.91 Å². The van der Waals surface area contributed by atoms with Crippen molar-refractivity contribution in [3.63, 3.8) is 0 Å². The molecule has 0 atom stereocenters. The Morgan fingerprint density at radius 3 is 2.16 bits per heavy atom. The largest absolute Gasteiger partial charge is 0.339 e. The Hall–Kier alpha value is -2.41. The summed E-state index contributed by atoms with van der Waals surface area (Å²) in [5.41, 5.74) is 0.991. The van der Waals surface area contributed by atoms with Crippen molar-refractivity contribution in [3.8, 4) is 0 Å². The van der Waals surface area contributed by atoms with Crippen molar-refractivity contribution in [3.05, 3.63) is 35.9 Å². The number of piperazine rings is 2. The molecule has 3 amide bonds. The number of carbonyl (C=O) groups excluding carboxylic acids is 3. The molecule has 0 saturated carbocycles. The summed E-state index contributed by atoms with van der Waals surface area (Å²) in [6, 6.07) is 9.60. The van der Waals surface area contributed by atoms with Crippen molar-refractivity contribution in [2.75, 3.05) is 52.9 Å². The monoisotopic (exact) mass is 344 g/mol. The van der Waals surface area contributed by atoms with E-state index in [1.165, 1.54) is 4.90 Å². The summed E-state index contributed by atoms with van der Waals surface area (Å²) >= 11 is 0. The van der Waals surface area contributed by atoms with Gasteiger partial charge in [-0.3, -0.25) is 14.4 Å². The molecule has 0 unspecified atom stereocenters. The highest BCUT2D eigenvalue weighted by Gasteiger charge is 2.34. The van der Waals surface area contributed by atoms with Crippen molar-refractivity contribution < 1.29 is 14.4 Å². The third kappa shape index (κ3) is 4.17. The molecule has 0 aromatic heterocycles. The van der Waals surface area contributed by atoms with Crippen LogP contribution in [0.2, 0.25) is 0 Å². The Morgan fingerprint density at radius 2 is 1.48 bits per heavy atom. The number of nitrogens with zero attached hydrogens (tertiary/aromatic N) is 4. The lowest BCUT2D eigenvalue weighted by Gasteiger charge is -2.36. The van der Waals surface area contributed by atoms with Crippen LogP contribution >= 0.6 is 0 Å². The first-order valence-electron chi connectivity index (χ1n) is 8.63. The van der Waals surface area contributed by atoms with Gasteiger partial charge in [0.15, 0.2) is 0 Å². The van der Waals surface area contributed by atoms with Crippen LogP contribution in [0.25, 0.3) is 0 Å². The zero-order valence-corrected chi connectivity index (χ0v) is 14.6. The lowest BCUT2D eigenvalue weighted by atomic mass is 10.2. The number of carbonyl (C=O) groups is 3. The van der Waals surface area contributed by atoms with E-state index in [2.05, 4.69) is 4.90 Å². The quantitative estimate of drug-likeness (QED) is 0.700. The Morgan fingerprint density at radius 1 is 0.880 bits per heavy atom. The Labute approximate surface area is 147 Å². The lowest BCUT2D eigenvalue weighted by Crippen LogP contribution is -2.57. The van der Waals surface area contributed by atoms with E-state index in [9.17, 15) is 14.4 Å². The highest BCUT2D eigenvalue weighted by molar-refractivity contribution is 6.35. The zero-order valence-electron chi connectivity index (χ0n) is 14.6. The van der Waals surface area contributed by atoms with Crippen molar-refractivity contribution >= 4 is 17.7 Å². The predicted molar refractivity (Wildman–Crippen MR) is 92.5 cm³/mol. The predicted octanol–water partition coefficient (Wildman–Crippen LogP) is -0.369. The molecule has 0 spiro atoms. The topological polar surface area (TPSA) is 64.2 Å². The molecule has 7 nitrogen and oxygen atoms in total. The summed E-state index contributed by atoms with van der Waals surface area (Å²) in [6.45, 7) is 4.29. The fourth-order valence-electron chi connectivity index (χ4n) is 3.14. The van der Waals surface area contributed by atoms with Crippen LogP contribution in [-0.2, 0) is 20.9 Å². The number of amides is 3. The highest BCUT2D eigenvalue weighted by Crippen LogP contribution is 2.11. The van der Waals surface area contributed by atoms with Crippen LogP contribution in [0, 0.1) is 0 Å². The smallest absolute Gasteiger partial charge is 0.312 e. The number of hydrogen-bond donors (Lipinski definition) is 0. The standard InChI is InChI=1S/C18H24N4O3/c1-19-7-9-20(10-8-19)16(23)14-22-12-11-21(17(24)18(22)25)13-15-5-3-2-4-6-15/h2-6H,7-14H2,1H3. The molecule has 2 fully saturated rings. The van der Waals surface area contributed by atoms with Crippen LogP contribution in [-0.4, -0.2) is 90.2 Å². The summed E-state index contributed by atoms with van der Waals surface area (Å²) in [5, 5.41) is 0.